The second kappa shape index (κ2) is 3.46. The van der Waals surface area contributed by atoms with Gasteiger partial charge in [0.15, 0.2) is 0 Å². The van der Waals surface area contributed by atoms with Crippen LogP contribution in [-0.2, 0) is 0 Å². The highest BCUT2D eigenvalue weighted by Crippen LogP contribution is 2.07. The van der Waals surface area contributed by atoms with Crippen LogP contribution >= 0.6 is 0 Å². The Morgan fingerprint density at radius 2 is 2.14 bits per heavy atom. The molecule has 0 bridgehead atoms. The van der Waals surface area contributed by atoms with E-state index in [0.717, 1.165) is 0 Å². The Kier molecular flexibility index (Phi) is 2.14. The number of fused-ring (bicyclic) bond motifs is 1. The van der Waals surface area contributed by atoms with E-state index in [1.165, 1.54) is 0 Å². The summed E-state index contributed by atoms with van der Waals surface area (Å²) in [7, 11) is 0. The lowest BCUT2D eigenvalue weighted by Gasteiger charge is -1.95. The molecule has 0 aliphatic rings. The molecule has 0 unspecified atom stereocenters. The summed E-state index contributed by atoms with van der Waals surface area (Å²) in [5.41, 5.74) is 0.320. The molecule has 0 aliphatic carbocycles. The Morgan fingerprint density at radius 3 is 2.93 bits per heavy atom. The molecule has 70 valence electrons. The third kappa shape index (κ3) is 1.44. The van der Waals surface area contributed by atoms with Crippen LogP contribution in [0.4, 0.5) is 0 Å². The lowest BCUT2D eigenvalue weighted by molar-refractivity contribution is 0.490. The van der Waals surface area contributed by atoms with Crippen molar-refractivity contribution in [2.75, 3.05) is 0 Å². The van der Waals surface area contributed by atoms with Gasteiger partial charge in [-0.15, -0.1) is 0 Å². The van der Waals surface area contributed by atoms with Gasteiger partial charge in [-0.2, -0.15) is 0 Å². The molecule has 3 heteroatoms. The highest BCUT2D eigenvalue weighted by atomic mass is 16.4. The molecule has 0 N–H and O–H groups in total. The maximum atomic E-state index is 11.4. The number of nitrogens with zero attached hydrogens (tertiary/aromatic N) is 1. The molecule has 0 saturated heterocycles. The Labute approximate surface area is 80.7 Å². The fourth-order valence-electron chi connectivity index (χ4n) is 1.25. The van der Waals surface area contributed by atoms with Gasteiger partial charge in [-0.3, -0.25) is 0 Å². The van der Waals surface area contributed by atoms with E-state index in [9.17, 15) is 4.79 Å². The van der Waals surface area contributed by atoms with Gasteiger partial charge in [0.05, 0.1) is 10.9 Å². The normalized spacial score (nSPS) is 11.2. The fraction of sp³-hybridized carbons (Fsp3) is 0.0909. The Bertz CT molecular complexity index is 540. The predicted octanol–water partition coefficient (Wildman–Crippen LogP) is 2.22. The number of hydrogen-bond donors (Lipinski definition) is 0. The lowest BCUT2D eigenvalue weighted by Crippen LogP contribution is -2.02. The van der Waals surface area contributed by atoms with Gasteiger partial charge < -0.3 is 4.42 Å². The quantitative estimate of drug-likeness (QED) is 0.687. The van der Waals surface area contributed by atoms with E-state index in [4.69, 9.17) is 4.42 Å². The zero-order chi connectivity index (χ0) is 9.97. The van der Waals surface area contributed by atoms with E-state index >= 15 is 0 Å². The summed E-state index contributed by atoms with van der Waals surface area (Å²) in [6, 6.07) is 7.12. The summed E-state index contributed by atoms with van der Waals surface area (Å²) in [6.45, 7) is 1.84. The van der Waals surface area contributed by atoms with E-state index in [1.807, 2.05) is 13.0 Å². The molecule has 0 amide bonds. The zero-order valence-corrected chi connectivity index (χ0v) is 7.73. The molecule has 3 nitrogen and oxygen atoms in total. The molecule has 1 aromatic heterocycles. The first-order valence-corrected chi connectivity index (χ1v) is 4.34. The maximum absolute atomic E-state index is 11.4. The topological polar surface area (TPSA) is 43.1 Å². The van der Waals surface area contributed by atoms with Crippen molar-refractivity contribution >= 4 is 17.0 Å². The van der Waals surface area contributed by atoms with Gasteiger partial charge in [0.25, 0.3) is 0 Å². The number of benzene rings is 1. The highest BCUT2D eigenvalue weighted by molar-refractivity contribution is 5.77. The molecule has 1 heterocycles. The van der Waals surface area contributed by atoms with Crippen LogP contribution in [0.15, 0.2) is 39.6 Å². The monoisotopic (exact) mass is 187 g/mol. The molecule has 0 aliphatic heterocycles. The molecule has 0 radical (unpaired) electrons. The number of aromatic nitrogens is 1. The van der Waals surface area contributed by atoms with Gasteiger partial charge in [0.1, 0.15) is 0 Å². The second-order valence-electron chi connectivity index (χ2n) is 2.86. The van der Waals surface area contributed by atoms with Crippen molar-refractivity contribution < 1.29 is 4.42 Å². The smallest absolute Gasteiger partial charge is 0.347 e. The average molecular weight is 187 g/mol. The number of allylic oxidation sites excluding steroid dienone is 1. The largest absolute Gasteiger partial charge is 0.404 e. The van der Waals surface area contributed by atoms with Gasteiger partial charge in [-0.1, -0.05) is 18.2 Å². The lowest BCUT2D eigenvalue weighted by atomic mass is 10.2. The highest BCUT2D eigenvalue weighted by Gasteiger charge is 2.01. The molecular formula is C11H9NO2. The summed E-state index contributed by atoms with van der Waals surface area (Å²) >= 11 is 0. The van der Waals surface area contributed by atoms with Crippen molar-refractivity contribution in [1.29, 1.82) is 0 Å². The molecule has 0 saturated carbocycles. The van der Waals surface area contributed by atoms with E-state index in [-0.39, 0.29) is 5.63 Å². The zero-order valence-electron chi connectivity index (χ0n) is 7.73. The van der Waals surface area contributed by atoms with Crippen LogP contribution in [0, 0.1) is 0 Å². The first-order valence-electron chi connectivity index (χ1n) is 4.34. The van der Waals surface area contributed by atoms with Crippen LogP contribution in [-0.4, -0.2) is 4.98 Å². The Morgan fingerprint density at radius 1 is 1.36 bits per heavy atom. The standard InChI is InChI=1S/C11H9NO2/c1-2-5-10-12-9-7-4-3-6-8(9)11(13)14-10/h2-7H,1H3/b5-2+. The predicted molar refractivity (Wildman–Crippen MR) is 55.0 cm³/mol. The van der Waals surface area contributed by atoms with Crippen LogP contribution in [0.1, 0.15) is 12.8 Å². The maximum Gasteiger partial charge on any atom is 0.347 e. The molecule has 0 atom stereocenters. The Balaban J connectivity index is 2.79. The van der Waals surface area contributed by atoms with Crippen molar-refractivity contribution in [1.82, 2.24) is 4.98 Å². The van der Waals surface area contributed by atoms with E-state index in [2.05, 4.69) is 4.98 Å². The number of hydrogen-bond acceptors (Lipinski definition) is 3. The molecular weight excluding hydrogens is 178 g/mol. The van der Waals surface area contributed by atoms with Crippen LogP contribution in [0.2, 0.25) is 0 Å². The minimum absolute atomic E-state index is 0.344. The molecule has 2 rings (SSSR count). The van der Waals surface area contributed by atoms with Crippen molar-refractivity contribution in [2.45, 2.75) is 6.92 Å². The molecule has 14 heavy (non-hydrogen) atoms. The van der Waals surface area contributed by atoms with Crippen molar-refractivity contribution in [3.63, 3.8) is 0 Å². The van der Waals surface area contributed by atoms with Crippen LogP contribution in [0.25, 0.3) is 17.0 Å². The van der Waals surface area contributed by atoms with Gasteiger partial charge in [-0.05, 0) is 25.1 Å². The van der Waals surface area contributed by atoms with E-state index in [1.54, 1.807) is 30.4 Å². The number of para-hydroxylation sites is 1. The summed E-state index contributed by atoms with van der Waals surface area (Å²) in [5, 5.41) is 0.515. The van der Waals surface area contributed by atoms with Crippen LogP contribution < -0.4 is 5.63 Å². The minimum Gasteiger partial charge on any atom is -0.404 e. The summed E-state index contributed by atoms with van der Waals surface area (Å²) < 4.78 is 4.98. The van der Waals surface area contributed by atoms with Crippen molar-refractivity contribution in [3.8, 4) is 0 Å². The number of rotatable bonds is 1. The van der Waals surface area contributed by atoms with Crippen molar-refractivity contribution in [2.24, 2.45) is 0 Å². The van der Waals surface area contributed by atoms with Gasteiger partial charge in [0.2, 0.25) is 5.89 Å². The summed E-state index contributed by atoms with van der Waals surface area (Å²) in [6.07, 6.45) is 3.44. The second-order valence-corrected chi connectivity index (χ2v) is 2.86. The third-order valence-electron chi connectivity index (χ3n) is 1.86. The molecule has 0 spiro atoms. The Hall–Kier alpha value is -1.90. The van der Waals surface area contributed by atoms with Gasteiger partial charge in [-0.25, -0.2) is 9.78 Å². The summed E-state index contributed by atoms with van der Waals surface area (Å²) in [5.74, 6) is 0.344. The third-order valence-corrected chi connectivity index (χ3v) is 1.86. The average Bonchev–Trinajstić information content (AvgIpc) is 2.18. The van der Waals surface area contributed by atoms with Gasteiger partial charge >= 0.3 is 5.63 Å². The first-order chi connectivity index (χ1) is 6.81. The molecule has 2 aromatic rings. The fourth-order valence-corrected chi connectivity index (χ4v) is 1.25. The summed E-state index contributed by atoms with van der Waals surface area (Å²) in [4.78, 5) is 15.6. The van der Waals surface area contributed by atoms with Crippen LogP contribution in [0.5, 0.6) is 0 Å². The van der Waals surface area contributed by atoms with E-state index < -0.39 is 0 Å². The van der Waals surface area contributed by atoms with Gasteiger partial charge in [0, 0.05) is 0 Å². The van der Waals surface area contributed by atoms with E-state index in [0.29, 0.717) is 16.8 Å². The SMILES string of the molecule is C/C=C/c1nc2ccccc2c(=O)o1. The molecule has 0 fully saturated rings. The molecule has 1 aromatic carbocycles. The van der Waals surface area contributed by atoms with Crippen LogP contribution in [0.3, 0.4) is 0 Å². The van der Waals surface area contributed by atoms with Crippen molar-refractivity contribution in [3.05, 3.63) is 46.7 Å². The first kappa shape index (κ1) is 8.69. The minimum atomic E-state index is -0.344.